The van der Waals surface area contributed by atoms with Crippen molar-refractivity contribution in [3.8, 4) is 34.3 Å². The van der Waals surface area contributed by atoms with Gasteiger partial charge in [0, 0.05) is 45.4 Å². The fraction of sp³-hybridized carbons (Fsp3) is 0.0238. The van der Waals surface area contributed by atoms with Gasteiger partial charge in [-0.15, -0.1) is 0 Å². The Kier molecular flexibility index (Phi) is 5.69. The summed E-state index contributed by atoms with van der Waals surface area (Å²) < 4.78 is 6.81. The molecule has 6 aromatic carbocycles. The zero-order valence-corrected chi connectivity index (χ0v) is 26.1. The van der Waals surface area contributed by atoms with Crippen LogP contribution < -0.4 is 0 Å². The number of imidazole rings is 1. The average molecular weight is 617 g/mol. The molecule has 0 spiro atoms. The molecule has 4 aromatic heterocycles. The molecule has 10 rings (SSSR count). The fourth-order valence-corrected chi connectivity index (χ4v) is 7.40. The third kappa shape index (κ3) is 3.77. The van der Waals surface area contributed by atoms with E-state index < -0.39 is 0 Å². The average Bonchev–Trinajstić information content (AvgIpc) is 3.79. The van der Waals surface area contributed by atoms with Crippen molar-refractivity contribution in [1.82, 2.24) is 28.7 Å². The van der Waals surface area contributed by atoms with E-state index in [1.54, 1.807) is 0 Å². The Bertz CT molecular complexity index is 2830. The first-order chi connectivity index (χ1) is 23.8. The quantitative estimate of drug-likeness (QED) is 0.198. The topological polar surface area (TPSA) is 53.5 Å². The van der Waals surface area contributed by atoms with E-state index in [-0.39, 0.29) is 0 Å². The molecule has 0 saturated heterocycles. The zero-order valence-electron chi connectivity index (χ0n) is 26.1. The first kappa shape index (κ1) is 26.7. The predicted molar refractivity (Wildman–Crippen MR) is 196 cm³/mol. The van der Waals surface area contributed by atoms with Gasteiger partial charge >= 0.3 is 0 Å². The van der Waals surface area contributed by atoms with Gasteiger partial charge in [0.2, 0.25) is 5.95 Å². The Balaban J connectivity index is 1.32. The number of para-hydroxylation sites is 3. The summed E-state index contributed by atoms with van der Waals surface area (Å²) in [5.74, 6) is 1.45. The molecule has 0 unspecified atom stereocenters. The van der Waals surface area contributed by atoms with Crippen molar-refractivity contribution in [2.45, 2.75) is 0 Å². The van der Waals surface area contributed by atoms with Gasteiger partial charge in [-0.3, -0.25) is 4.57 Å². The number of hydrogen-bond acceptors (Lipinski definition) is 3. The summed E-state index contributed by atoms with van der Waals surface area (Å²) in [7, 11) is 2.07. The van der Waals surface area contributed by atoms with Crippen molar-refractivity contribution in [3.63, 3.8) is 0 Å². The molecular weight excluding hydrogens is 589 g/mol. The standard InChI is InChI=1S/C42H28N6/c1-46-39-38(27-15-5-2-6-16-27)43-40(28-17-7-3-8-18-28)44-41(39)45-42(46)48-33-24-14-12-22-31(33)37-35(48)26-25-34-36(37)30-21-11-13-23-32(30)47(34)29-19-9-4-10-20-29/h2-26H,1H3. The molecule has 226 valence electrons. The summed E-state index contributed by atoms with van der Waals surface area (Å²) in [6.45, 7) is 0. The summed E-state index contributed by atoms with van der Waals surface area (Å²) in [6.07, 6.45) is 0. The third-order valence-corrected chi connectivity index (χ3v) is 9.47. The zero-order chi connectivity index (χ0) is 31.8. The van der Waals surface area contributed by atoms with Crippen LogP contribution in [0.1, 0.15) is 0 Å². The van der Waals surface area contributed by atoms with E-state index in [2.05, 4.69) is 124 Å². The lowest BCUT2D eigenvalue weighted by atomic mass is 10.1. The van der Waals surface area contributed by atoms with E-state index in [9.17, 15) is 0 Å². The Morgan fingerprint density at radius 2 is 0.958 bits per heavy atom. The molecule has 0 N–H and O–H groups in total. The lowest BCUT2D eigenvalue weighted by Crippen LogP contribution is -2.04. The van der Waals surface area contributed by atoms with Gasteiger partial charge in [0.1, 0.15) is 11.2 Å². The van der Waals surface area contributed by atoms with Gasteiger partial charge in [0.15, 0.2) is 11.5 Å². The maximum absolute atomic E-state index is 5.29. The first-order valence-corrected chi connectivity index (χ1v) is 16.1. The molecule has 0 radical (unpaired) electrons. The Morgan fingerprint density at radius 3 is 1.60 bits per heavy atom. The minimum atomic E-state index is 0.657. The molecule has 0 bridgehead atoms. The normalized spacial score (nSPS) is 11.9. The highest BCUT2D eigenvalue weighted by Crippen LogP contribution is 2.42. The molecule has 6 heteroatoms. The van der Waals surface area contributed by atoms with E-state index in [0.717, 1.165) is 45.0 Å². The molecule has 48 heavy (non-hydrogen) atoms. The van der Waals surface area contributed by atoms with Crippen LogP contribution >= 0.6 is 0 Å². The number of fused-ring (bicyclic) bond motifs is 8. The van der Waals surface area contributed by atoms with Crippen LogP contribution in [0.5, 0.6) is 0 Å². The molecule has 0 aliphatic carbocycles. The van der Waals surface area contributed by atoms with Crippen LogP contribution in [0, 0.1) is 0 Å². The molecule has 10 aromatic rings. The largest absolute Gasteiger partial charge is 0.309 e. The lowest BCUT2D eigenvalue weighted by molar-refractivity contribution is 0.869. The van der Waals surface area contributed by atoms with Crippen LogP contribution in [0.4, 0.5) is 0 Å². The van der Waals surface area contributed by atoms with Gasteiger partial charge in [-0.2, -0.15) is 4.98 Å². The van der Waals surface area contributed by atoms with Crippen LogP contribution in [0.15, 0.2) is 152 Å². The maximum Gasteiger partial charge on any atom is 0.217 e. The van der Waals surface area contributed by atoms with E-state index in [1.165, 1.54) is 32.6 Å². The second-order valence-electron chi connectivity index (χ2n) is 12.2. The Labute approximate surface area is 275 Å². The Hall–Kier alpha value is -6.53. The highest BCUT2D eigenvalue weighted by Gasteiger charge is 2.24. The summed E-state index contributed by atoms with van der Waals surface area (Å²) in [4.78, 5) is 15.5. The summed E-state index contributed by atoms with van der Waals surface area (Å²) in [5, 5.41) is 4.84. The van der Waals surface area contributed by atoms with Gasteiger partial charge in [-0.25, -0.2) is 9.97 Å². The van der Waals surface area contributed by atoms with Crippen LogP contribution in [0.2, 0.25) is 0 Å². The van der Waals surface area contributed by atoms with Crippen molar-refractivity contribution in [1.29, 1.82) is 0 Å². The number of rotatable bonds is 4. The molecular formula is C42H28N6. The van der Waals surface area contributed by atoms with Crippen LogP contribution in [-0.2, 0) is 7.05 Å². The SMILES string of the molecule is Cn1c(-n2c3ccccc3c3c4c5ccccc5n(-c5ccccc5)c4ccc32)nc2nc(-c3ccccc3)nc(-c3ccccc3)c21. The molecule has 0 amide bonds. The van der Waals surface area contributed by atoms with E-state index in [1.807, 2.05) is 48.5 Å². The Morgan fingerprint density at radius 1 is 0.438 bits per heavy atom. The molecule has 0 aliphatic heterocycles. The van der Waals surface area contributed by atoms with Crippen LogP contribution in [0.3, 0.4) is 0 Å². The summed E-state index contributed by atoms with van der Waals surface area (Å²) in [6, 6.07) is 52.9. The number of nitrogens with zero attached hydrogens (tertiary/aromatic N) is 6. The van der Waals surface area contributed by atoms with Crippen molar-refractivity contribution in [2.75, 3.05) is 0 Å². The van der Waals surface area contributed by atoms with E-state index >= 15 is 0 Å². The van der Waals surface area contributed by atoms with Gasteiger partial charge in [0.25, 0.3) is 0 Å². The molecule has 0 fully saturated rings. The van der Waals surface area contributed by atoms with E-state index in [0.29, 0.717) is 11.5 Å². The number of aryl methyl sites for hydroxylation is 1. The predicted octanol–water partition coefficient (Wildman–Crippen LogP) is 9.89. The molecule has 0 aliphatic rings. The molecule has 6 nitrogen and oxygen atoms in total. The van der Waals surface area contributed by atoms with Gasteiger partial charge in [0.05, 0.1) is 22.1 Å². The minimum Gasteiger partial charge on any atom is -0.309 e. The highest BCUT2D eigenvalue weighted by atomic mass is 15.3. The summed E-state index contributed by atoms with van der Waals surface area (Å²) in [5.41, 5.74) is 10.1. The van der Waals surface area contributed by atoms with Gasteiger partial charge in [-0.1, -0.05) is 115 Å². The monoisotopic (exact) mass is 616 g/mol. The molecule has 0 atom stereocenters. The van der Waals surface area contributed by atoms with Crippen molar-refractivity contribution < 1.29 is 0 Å². The smallest absolute Gasteiger partial charge is 0.217 e. The highest BCUT2D eigenvalue weighted by molar-refractivity contribution is 6.28. The number of aromatic nitrogens is 6. The van der Waals surface area contributed by atoms with Crippen LogP contribution in [-0.4, -0.2) is 28.7 Å². The second kappa shape index (κ2) is 10.2. The second-order valence-corrected chi connectivity index (χ2v) is 12.2. The number of benzene rings is 6. The number of hydrogen-bond donors (Lipinski definition) is 0. The maximum atomic E-state index is 5.29. The molecule has 4 heterocycles. The fourth-order valence-electron chi connectivity index (χ4n) is 7.40. The lowest BCUT2D eigenvalue weighted by Gasteiger charge is -2.10. The van der Waals surface area contributed by atoms with Crippen molar-refractivity contribution >= 4 is 54.8 Å². The van der Waals surface area contributed by atoms with E-state index in [4.69, 9.17) is 15.0 Å². The van der Waals surface area contributed by atoms with Gasteiger partial charge in [-0.05, 0) is 36.4 Å². The van der Waals surface area contributed by atoms with Crippen molar-refractivity contribution in [3.05, 3.63) is 152 Å². The first-order valence-electron chi connectivity index (χ1n) is 16.1. The van der Waals surface area contributed by atoms with Crippen molar-refractivity contribution in [2.24, 2.45) is 7.05 Å². The summed E-state index contributed by atoms with van der Waals surface area (Å²) >= 11 is 0. The minimum absolute atomic E-state index is 0.657. The third-order valence-electron chi connectivity index (χ3n) is 9.47. The van der Waals surface area contributed by atoms with Gasteiger partial charge < -0.3 is 9.13 Å². The molecule has 0 saturated carbocycles. The van der Waals surface area contributed by atoms with Crippen LogP contribution in [0.25, 0.3) is 89.1 Å².